The number of thiophene rings is 1. The number of carbonyl (C=O) groups excluding carboxylic acids is 1. The van der Waals surface area contributed by atoms with E-state index in [1.54, 1.807) is 0 Å². The number of rotatable bonds is 4. The third-order valence-electron chi connectivity index (χ3n) is 2.78. The van der Waals surface area contributed by atoms with E-state index in [0.717, 1.165) is 22.1 Å². The number of carbonyl (C=O) groups is 1. The van der Waals surface area contributed by atoms with Gasteiger partial charge in [-0.3, -0.25) is 4.79 Å². The van der Waals surface area contributed by atoms with Crippen LogP contribution in [-0.4, -0.2) is 12.8 Å². The van der Waals surface area contributed by atoms with Crippen LogP contribution in [0.2, 0.25) is 5.02 Å². The van der Waals surface area contributed by atoms with Crippen LogP contribution in [-0.2, 0) is 6.54 Å². The molecule has 0 saturated heterocycles. The maximum Gasteiger partial charge on any atom is 0.171 e. The zero-order valence-electron chi connectivity index (χ0n) is 10.8. The summed E-state index contributed by atoms with van der Waals surface area (Å²) in [6, 6.07) is 9.56. The summed E-state index contributed by atoms with van der Waals surface area (Å²) < 4.78 is 0. The molecule has 2 rings (SSSR count). The minimum absolute atomic E-state index is 0.00800. The summed E-state index contributed by atoms with van der Waals surface area (Å²) in [4.78, 5) is 14.1. The van der Waals surface area contributed by atoms with Gasteiger partial charge in [-0.2, -0.15) is 0 Å². The fourth-order valence-corrected chi connectivity index (χ4v) is 2.86. The predicted molar refractivity (Wildman–Crippen MR) is 82.3 cm³/mol. The Labute approximate surface area is 121 Å². The largest absolute Gasteiger partial charge is 0.397 e. The van der Waals surface area contributed by atoms with Gasteiger partial charge in [-0.1, -0.05) is 23.7 Å². The molecule has 5 heteroatoms. The second-order valence-corrected chi connectivity index (χ2v) is 5.87. The van der Waals surface area contributed by atoms with Gasteiger partial charge in [-0.25, -0.2) is 0 Å². The molecule has 1 aromatic heterocycles. The number of nitrogens with two attached hydrogens (primary N) is 1. The second kappa shape index (κ2) is 5.63. The molecule has 2 N–H and O–H groups in total. The highest BCUT2D eigenvalue weighted by Crippen LogP contribution is 2.32. The first-order chi connectivity index (χ1) is 8.97. The molecule has 0 aliphatic carbocycles. The van der Waals surface area contributed by atoms with Crippen molar-refractivity contribution in [2.45, 2.75) is 13.5 Å². The summed E-state index contributed by atoms with van der Waals surface area (Å²) >= 11 is 7.28. The SMILES string of the molecule is CC(=O)c1sc(N(C)Cc2ccc(Cl)cc2)cc1N. The van der Waals surface area contributed by atoms with Gasteiger partial charge in [0.25, 0.3) is 0 Å². The Morgan fingerprint density at radius 1 is 1.37 bits per heavy atom. The number of ketones is 1. The van der Waals surface area contributed by atoms with Gasteiger partial charge in [0.2, 0.25) is 0 Å². The van der Waals surface area contributed by atoms with Crippen LogP contribution in [0.3, 0.4) is 0 Å². The number of anilines is 2. The standard InChI is InChI=1S/C14H15ClN2OS/c1-9(18)14-12(16)7-13(19-14)17(2)8-10-3-5-11(15)6-4-10/h3-7H,8,16H2,1-2H3. The first kappa shape index (κ1) is 13.9. The molecule has 3 nitrogen and oxygen atoms in total. The second-order valence-electron chi connectivity index (χ2n) is 4.41. The van der Waals surface area contributed by atoms with Crippen LogP contribution in [0.15, 0.2) is 30.3 Å². The van der Waals surface area contributed by atoms with Crippen LogP contribution >= 0.6 is 22.9 Å². The lowest BCUT2D eigenvalue weighted by atomic mass is 10.2. The molecule has 0 spiro atoms. The van der Waals surface area contributed by atoms with E-state index in [1.165, 1.54) is 18.3 Å². The summed E-state index contributed by atoms with van der Waals surface area (Å²) in [5.41, 5.74) is 7.55. The lowest BCUT2D eigenvalue weighted by molar-refractivity contribution is 0.102. The normalized spacial score (nSPS) is 10.5. The number of nitrogen functional groups attached to an aromatic ring is 1. The van der Waals surface area contributed by atoms with E-state index in [1.807, 2.05) is 37.4 Å². The first-order valence-corrected chi connectivity index (χ1v) is 7.02. The van der Waals surface area contributed by atoms with Gasteiger partial charge in [-0.15, -0.1) is 11.3 Å². The highest BCUT2D eigenvalue weighted by atomic mass is 35.5. The molecule has 0 aliphatic heterocycles. The molecule has 0 bridgehead atoms. The number of Topliss-reactive ketones (excluding diaryl/α,β-unsaturated/α-hetero) is 1. The Kier molecular flexibility index (Phi) is 4.12. The summed E-state index contributed by atoms with van der Waals surface area (Å²) in [6.45, 7) is 2.28. The van der Waals surface area contributed by atoms with Crippen molar-refractivity contribution in [1.29, 1.82) is 0 Å². The van der Waals surface area contributed by atoms with Crippen LogP contribution < -0.4 is 10.6 Å². The average molecular weight is 295 g/mol. The molecule has 0 unspecified atom stereocenters. The zero-order chi connectivity index (χ0) is 14.0. The molecular formula is C14H15ClN2OS. The van der Waals surface area contributed by atoms with E-state index >= 15 is 0 Å². The maximum absolute atomic E-state index is 11.4. The van der Waals surface area contributed by atoms with E-state index in [-0.39, 0.29) is 5.78 Å². The highest BCUT2D eigenvalue weighted by molar-refractivity contribution is 7.18. The summed E-state index contributed by atoms with van der Waals surface area (Å²) in [5.74, 6) is 0.00800. The zero-order valence-corrected chi connectivity index (χ0v) is 12.4. The van der Waals surface area contributed by atoms with E-state index < -0.39 is 0 Å². The van der Waals surface area contributed by atoms with Crippen molar-refractivity contribution in [2.24, 2.45) is 0 Å². The van der Waals surface area contributed by atoms with Gasteiger partial charge < -0.3 is 10.6 Å². The fraction of sp³-hybridized carbons (Fsp3) is 0.214. The molecule has 0 atom stereocenters. The van der Waals surface area contributed by atoms with Gasteiger partial charge in [-0.05, 0) is 23.8 Å². The van der Waals surface area contributed by atoms with Gasteiger partial charge in [0, 0.05) is 25.5 Å². The Bertz CT molecular complexity index is 592. The van der Waals surface area contributed by atoms with Crippen LogP contribution in [0.5, 0.6) is 0 Å². The molecule has 0 fully saturated rings. The fourth-order valence-electron chi connectivity index (χ4n) is 1.80. The number of nitrogens with zero attached hydrogens (tertiary/aromatic N) is 1. The van der Waals surface area contributed by atoms with Gasteiger partial charge in [0.1, 0.15) is 0 Å². The van der Waals surface area contributed by atoms with E-state index in [2.05, 4.69) is 4.90 Å². The number of hydrogen-bond acceptors (Lipinski definition) is 4. The minimum atomic E-state index is 0.00800. The number of halogens is 1. The molecule has 0 aliphatic rings. The Hall–Kier alpha value is -1.52. The third kappa shape index (κ3) is 3.28. The van der Waals surface area contributed by atoms with Crippen molar-refractivity contribution in [1.82, 2.24) is 0 Å². The average Bonchev–Trinajstić information content (AvgIpc) is 2.74. The molecule has 0 amide bonds. The Morgan fingerprint density at radius 2 is 2.00 bits per heavy atom. The molecule has 1 heterocycles. The maximum atomic E-state index is 11.4. The topological polar surface area (TPSA) is 46.3 Å². The molecule has 19 heavy (non-hydrogen) atoms. The Balaban J connectivity index is 2.15. The number of benzene rings is 1. The summed E-state index contributed by atoms with van der Waals surface area (Å²) in [5, 5.41) is 1.71. The van der Waals surface area contributed by atoms with Gasteiger partial charge >= 0.3 is 0 Å². The van der Waals surface area contributed by atoms with E-state index in [0.29, 0.717) is 10.6 Å². The lowest BCUT2D eigenvalue weighted by Crippen LogP contribution is -2.14. The van der Waals surface area contributed by atoms with Crippen molar-refractivity contribution in [3.8, 4) is 0 Å². The predicted octanol–water partition coefficient (Wildman–Crippen LogP) is 3.82. The van der Waals surface area contributed by atoms with E-state index in [4.69, 9.17) is 17.3 Å². The summed E-state index contributed by atoms with van der Waals surface area (Å²) in [7, 11) is 1.98. The quantitative estimate of drug-likeness (QED) is 0.872. The van der Waals surface area contributed by atoms with Gasteiger partial charge in [0.05, 0.1) is 15.6 Å². The smallest absolute Gasteiger partial charge is 0.171 e. The Morgan fingerprint density at radius 3 is 2.53 bits per heavy atom. The first-order valence-electron chi connectivity index (χ1n) is 5.83. The minimum Gasteiger partial charge on any atom is -0.397 e. The van der Waals surface area contributed by atoms with Gasteiger partial charge in [0.15, 0.2) is 5.78 Å². The highest BCUT2D eigenvalue weighted by Gasteiger charge is 2.13. The van der Waals surface area contributed by atoms with Crippen molar-refractivity contribution >= 4 is 39.4 Å². The van der Waals surface area contributed by atoms with E-state index in [9.17, 15) is 4.79 Å². The van der Waals surface area contributed by atoms with Crippen molar-refractivity contribution in [2.75, 3.05) is 17.7 Å². The third-order valence-corrected chi connectivity index (χ3v) is 4.39. The lowest BCUT2D eigenvalue weighted by Gasteiger charge is -2.16. The molecule has 100 valence electrons. The molecule has 1 aromatic carbocycles. The summed E-state index contributed by atoms with van der Waals surface area (Å²) in [6.07, 6.45) is 0. The van der Waals surface area contributed by atoms with Crippen molar-refractivity contribution < 1.29 is 4.79 Å². The monoisotopic (exact) mass is 294 g/mol. The number of hydrogen-bond donors (Lipinski definition) is 1. The van der Waals surface area contributed by atoms with Crippen molar-refractivity contribution in [3.63, 3.8) is 0 Å². The van der Waals surface area contributed by atoms with Crippen molar-refractivity contribution in [3.05, 3.63) is 45.8 Å². The molecule has 0 saturated carbocycles. The van der Waals surface area contributed by atoms with Crippen LogP contribution in [0.1, 0.15) is 22.2 Å². The van der Waals surface area contributed by atoms with Crippen LogP contribution in [0.4, 0.5) is 10.7 Å². The molecule has 2 aromatic rings. The molecule has 0 radical (unpaired) electrons. The van der Waals surface area contributed by atoms with Crippen LogP contribution in [0.25, 0.3) is 0 Å². The molecular weight excluding hydrogens is 280 g/mol. The van der Waals surface area contributed by atoms with Crippen LogP contribution in [0, 0.1) is 0 Å².